The summed E-state index contributed by atoms with van der Waals surface area (Å²) in [5, 5.41) is 13.9. The van der Waals surface area contributed by atoms with Gasteiger partial charge in [-0.05, 0) is 18.2 Å². The second-order valence-electron chi connectivity index (χ2n) is 3.25. The van der Waals surface area contributed by atoms with E-state index in [4.69, 9.17) is 11.0 Å². The van der Waals surface area contributed by atoms with Gasteiger partial charge in [0.05, 0.1) is 40.8 Å². The highest BCUT2D eigenvalue weighted by Crippen LogP contribution is 2.20. The first-order valence-corrected chi connectivity index (χ1v) is 5.64. The average Bonchev–Trinajstić information content (AvgIpc) is 2.80. The Labute approximate surface area is 97.4 Å². The standard InChI is InChI=1S/C11H10N4S/c12-4-8-1-2-11(10(13)3-8)14-5-9-6-16-7-15-9/h1-3,6-7,14H,5,13H2. The Hall–Kier alpha value is -2.06. The van der Waals surface area contributed by atoms with Crippen LogP contribution in [0, 0.1) is 11.3 Å². The third-order valence-corrected chi connectivity index (χ3v) is 2.76. The van der Waals surface area contributed by atoms with Crippen molar-refractivity contribution >= 4 is 22.7 Å². The smallest absolute Gasteiger partial charge is 0.0992 e. The van der Waals surface area contributed by atoms with Gasteiger partial charge in [-0.15, -0.1) is 11.3 Å². The van der Waals surface area contributed by atoms with E-state index in [1.807, 2.05) is 11.4 Å². The van der Waals surface area contributed by atoms with Crippen molar-refractivity contribution in [2.75, 3.05) is 11.1 Å². The Morgan fingerprint density at radius 1 is 1.50 bits per heavy atom. The largest absolute Gasteiger partial charge is 0.397 e. The van der Waals surface area contributed by atoms with Crippen LogP contribution < -0.4 is 11.1 Å². The van der Waals surface area contributed by atoms with Crippen LogP contribution in [0.15, 0.2) is 29.1 Å². The summed E-state index contributed by atoms with van der Waals surface area (Å²) < 4.78 is 0. The van der Waals surface area contributed by atoms with E-state index in [0.29, 0.717) is 17.8 Å². The molecule has 0 bridgehead atoms. The summed E-state index contributed by atoms with van der Waals surface area (Å²) in [6.45, 7) is 0.638. The molecule has 1 aromatic carbocycles. The van der Waals surface area contributed by atoms with Gasteiger partial charge in [-0.2, -0.15) is 5.26 Å². The van der Waals surface area contributed by atoms with Crippen molar-refractivity contribution in [1.29, 1.82) is 5.26 Å². The minimum Gasteiger partial charge on any atom is -0.397 e. The van der Waals surface area contributed by atoms with Crippen molar-refractivity contribution in [3.05, 3.63) is 40.3 Å². The number of hydrogen-bond donors (Lipinski definition) is 2. The van der Waals surface area contributed by atoms with Crippen molar-refractivity contribution in [3.63, 3.8) is 0 Å². The number of nitrogens with two attached hydrogens (primary N) is 1. The van der Waals surface area contributed by atoms with Crippen LogP contribution in [0.4, 0.5) is 11.4 Å². The fraction of sp³-hybridized carbons (Fsp3) is 0.0909. The molecule has 0 aliphatic carbocycles. The fourth-order valence-corrected chi connectivity index (χ4v) is 1.86. The van der Waals surface area contributed by atoms with E-state index in [1.54, 1.807) is 35.0 Å². The van der Waals surface area contributed by atoms with Crippen LogP contribution in [-0.2, 0) is 6.54 Å². The molecule has 2 aromatic rings. The Kier molecular flexibility index (Phi) is 3.03. The lowest BCUT2D eigenvalue weighted by molar-refractivity contribution is 1.07. The molecule has 0 fully saturated rings. The molecule has 0 spiro atoms. The van der Waals surface area contributed by atoms with Crippen LogP contribution in [0.3, 0.4) is 0 Å². The Morgan fingerprint density at radius 2 is 2.38 bits per heavy atom. The molecule has 5 heteroatoms. The molecule has 0 unspecified atom stereocenters. The van der Waals surface area contributed by atoms with E-state index in [2.05, 4.69) is 10.3 Å². The molecule has 1 aromatic heterocycles. The molecule has 16 heavy (non-hydrogen) atoms. The first-order chi connectivity index (χ1) is 7.79. The minimum atomic E-state index is 0.566. The van der Waals surface area contributed by atoms with Crippen LogP contribution in [-0.4, -0.2) is 4.98 Å². The van der Waals surface area contributed by atoms with Crippen molar-refractivity contribution in [3.8, 4) is 6.07 Å². The summed E-state index contributed by atoms with van der Waals surface area (Å²) in [5.41, 5.74) is 10.5. The average molecular weight is 230 g/mol. The van der Waals surface area contributed by atoms with Gasteiger partial charge in [-0.25, -0.2) is 4.98 Å². The lowest BCUT2D eigenvalue weighted by atomic mass is 10.2. The molecule has 0 radical (unpaired) electrons. The molecule has 4 nitrogen and oxygen atoms in total. The van der Waals surface area contributed by atoms with Gasteiger partial charge in [-0.1, -0.05) is 0 Å². The summed E-state index contributed by atoms with van der Waals surface area (Å²) >= 11 is 1.56. The molecule has 0 atom stereocenters. The van der Waals surface area contributed by atoms with Crippen LogP contribution in [0.2, 0.25) is 0 Å². The number of thiazole rings is 1. The van der Waals surface area contributed by atoms with Gasteiger partial charge in [-0.3, -0.25) is 0 Å². The quantitative estimate of drug-likeness (QED) is 0.793. The molecule has 0 saturated carbocycles. The fourth-order valence-electron chi connectivity index (χ4n) is 1.30. The number of anilines is 2. The van der Waals surface area contributed by atoms with E-state index >= 15 is 0 Å². The lowest BCUT2D eigenvalue weighted by Gasteiger charge is -2.07. The Balaban J connectivity index is 2.08. The summed E-state index contributed by atoms with van der Waals surface area (Å²) in [4.78, 5) is 4.16. The van der Waals surface area contributed by atoms with Gasteiger partial charge in [0.15, 0.2) is 0 Å². The number of rotatable bonds is 3. The van der Waals surface area contributed by atoms with Crippen LogP contribution in [0.5, 0.6) is 0 Å². The zero-order chi connectivity index (χ0) is 11.4. The first-order valence-electron chi connectivity index (χ1n) is 4.70. The van der Waals surface area contributed by atoms with Gasteiger partial charge in [0.25, 0.3) is 0 Å². The molecule has 0 saturated heterocycles. The zero-order valence-electron chi connectivity index (χ0n) is 8.47. The maximum atomic E-state index is 8.70. The topological polar surface area (TPSA) is 74.7 Å². The van der Waals surface area contributed by atoms with Crippen LogP contribution in [0.1, 0.15) is 11.3 Å². The van der Waals surface area contributed by atoms with E-state index < -0.39 is 0 Å². The SMILES string of the molecule is N#Cc1ccc(NCc2cscn2)c(N)c1. The molecular weight excluding hydrogens is 220 g/mol. The summed E-state index contributed by atoms with van der Waals surface area (Å²) in [6, 6.07) is 7.24. The molecular formula is C11H10N4S. The number of nitriles is 1. The predicted octanol–water partition coefficient (Wildman–Crippen LogP) is 2.21. The Morgan fingerprint density at radius 3 is 3.00 bits per heavy atom. The molecule has 0 aliphatic rings. The van der Waals surface area contributed by atoms with Crippen molar-refractivity contribution < 1.29 is 0 Å². The number of nitrogens with one attached hydrogen (secondary N) is 1. The number of benzene rings is 1. The number of nitrogens with zero attached hydrogens (tertiary/aromatic N) is 2. The summed E-state index contributed by atoms with van der Waals surface area (Å²) in [5.74, 6) is 0. The highest BCUT2D eigenvalue weighted by molar-refractivity contribution is 7.07. The van der Waals surface area contributed by atoms with Gasteiger partial charge in [0.2, 0.25) is 0 Å². The summed E-state index contributed by atoms with van der Waals surface area (Å²) in [6.07, 6.45) is 0. The van der Waals surface area contributed by atoms with E-state index in [1.165, 1.54) is 0 Å². The maximum Gasteiger partial charge on any atom is 0.0992 e. The molecule has 2 rings (SSSR count). The second kappa shape index (κ2) is 4.64. The van der Waals surface area contributed by atoms with E-state index in [0.717, 1.165) is 11.4 Å². The van der Waals surface area contributed by atoms with Crippen molar-refractivity contribution in [1.82, 2.24) is 4.98 Å². The third-order valence-electron chi connectivity index (χ3n) is 2.12. The highest BCUT2D eigenvalue weighted by atomic mass is 32.1. The van der Waals surface area contributed by atoms with Gasteiger partial charge < -0.3 is 11.1 Å². The molecule has 0 aliphatic heterocycles. The van der Waals surface area contributed by atoms with E-state index in [-0.39, 0.29) is 0 Å². The Bertz CT molecular complexity index is 513. The van der Waals surface area contributed by atoms with Gasteiger partial charge in [0, 0.05) is 5.38 Å². The monoisotopic (exact) mass is 230 g/mol. The van der Waals surface area contributed by atoms with Crippen molar-refractivity contribution in [2.24, 2.45) is 0 Å². The zero-order valence-corrected chi connectivity index (χ0v) is 9.29. The normalized spacial score (nSPS) is 9.69. The van der Waals surface area contributed by atoms with Crippen LogP contribution >= 0.6 is 11.3 Å². The predicted molar refractivity (Wildman–Crippen MR) is 65.0 cm³/mol. The van der Waals surface area contributed by atoms with Gasteiger partial charge in [0.1, 0.15) is 0 Å². The second-order valence-corrected chi connectivity index (χ2v) is 3.97. The number of aromatic nitrogens is 1. The molecule has 1 heterocycles. The summed E-state index contributed by atoms with van der Waals surface area (Å²) in [7, 11) is 0. The molecule has 0 amide bonds. The van der Waals surface area contributed by atoms with E-state index in [9.17, 15) is 0 Å². The molecule has 80 valence electrons. The van der Waals surface area contributed by atoms with Gasteiger partial charge >= 0.3 is 0 Å². The van der Waals surface area contributed by atoms with Crippen LogP contribution in [0.25, 0.3) is 0 Å². The number of nitrogen functional groups attached to an aromatic ring is 1. The number of hydrogen-bond acceptors (Lipinski definition) is 5. The first kappa shape index (κ1) is 10.5. The minimum absolute atomic E-state index is 0.566. The molecule has 3 N–H and O–H groups in total. The van der Waals surface area contributed by atoms with Crippen molar-refractivity contribution in [2.45, 2.75) is 6.54 Å². The lowest BCUT2D eigenvalue weighted by Crippen LogP contribution is -2.02. The highest BCUT2D eigenvalue weighted by Gasteiger charge is 2.01. The third kappa shape index (κ3) is 2.30. The maximum absolute atomic E-state index is 8.70.